The molecule has 0 aliphatic carbocycles. The second kappa shape index (κ2) is 6.40. The number of piperidine rings is 1. The summed E-state index contributed by atoms with van der Waals surface area (Å²) >= 11 is 0. The van der Waals surface area contributed by atoms with Gasteiger partial charge in [-0.15, -0.1) is 0 Å². The molecule has 2 aliphatic rings. The van der Waals surface area contributed by atoms with Crippen molar-refractivity contribution in [3.8, 4) is 6.01 Å². The zero-order chi connectivity index (χ0) is 14.7. The van der Waals surface area contributed by atoms with Gasteiger partial charge in [-0.1, -0.05) is 0 Å². The number of imidazole rings is 1. The van der Waals surface area contributed by atoms with E-state index in [2.05, 4.69) is 15.2 Å². The van der Waals surface area contributed by atoms with Gasteiger partial charge in [0.2, 0.25) is 0 Å². The molecule has 1 saturated heterocycles. The first kappa shape index (κ1) is 14.3. The fourth-order valence-corrected chi connectivity index (χ4v) is 2.99. The fourth-order valence-electron chi connectivity index (χ4n) is 2.99. The summed E-state index contributed by atoms with van der Waals surface area (Å²) in [5.74, 6) is 0.596. The molecular weight excluding hydrogens is 274 g/mol. The largest absolute Gasteiger partial charge is 0.444 e. The van der Waals surface area contributed by atoms with Crippen molar-refractivity contribution in [1.29, 1.82) is 0 Å². The Kier molecular flexibility index (Phi) is 4.35. The third-order valence-electron chi connectivity index (χ3n) is 4.19. The second-order valence-corrected chi connectivity index (χ2v) is 5.67. The van der Waals surface area contributed by atoms with Crippen LogP contribution in [0, 0.1) is 16.0 Å². The van der Waals surface area contributed by atoms with Gasteiger partial charge >= 0.3 is 11.8 Å². The fraction of sp³-hybridized carbons (Fsp3) is 0.769. The van der Waals surface area contributed by atoms with Crippen molar-refractivity contribution < 1.29 is 9.66 Å². The second-order valence-electron chi connectivity index (χ2n) is 5.67. The Hall–Kier alpha value is -1.67. The van der Waals surface area contributed by atoms with Gasteiger partial charge in [-0.3, -0.25) is 9.47 Å². The average molecular weight is 295 g/mol. The van der Waals surface area contributed by atoms with Gasteiger partial charge in [0.05, 0.1) is 0 Å². The standard InChI is InChI=1S/C13H21N5O3/c19-18(20)12-10-17-6-5-16(7-8-21-13(17)15-12)9-11-1-3-14-4-2-11/h10-11,14H,1-9H2. The maximum atomic E-state index is 10.8. The molecule has 0 spiro atoms. The minimum atomic E-state index is -0.478. The summed E-state index contributed by atoms with van der Waals surface area (Å²) in [6, 6.07) is 0.364. The number of rotatable bonds is 3. The lowest BCUT2D eigenvalue weighted by Gasteiger charge is -2.30. The van der Waals surface area contributed by atoms with Crippen LogP contribution in [0.2, 0.25) is 0 Å². The van der Waals surface area contributed by atoms with E-state index in [0.29, 0.717) is 19.2 Å². The van der Waals surface area contributed by atoms with E-state index in [1.807, 2.05) is 0 Å². The summed E-state index contributed by atoms with van der Waals surface area (Å²) in [6.45, 7) is 6.23. The smallest absolute Gasteiger partial charge is 0.414 e. The van der Waals surface area contributed by atoms with Crippen LogP contribution in [0.4, 0.5) is 5.82 Å². The highest BCUT2D eigenvalue weighted by Crippen LogP contribution is 2.20. The Morgan fingerprint density at radius 3 is 2.95 bits per heavy atom. The summed E-state index contributed by atoms with van der Waals surface area (Å²) in [4.78, 5) is 16.6. The lowest BCUT2D eigenvalue weighted by atomic mass is 9.97. The number of fused-ring (bicyclic) bond motifs is 1. The van der Waals surface area contributed by atoms with Crippen LogP contribution in [0.25, 0.3) is 0 Å². The first-order valence-corrected chi connectivity index (χ1v) is 7.50. The number of nitro groups is 1. The Bertz CT molecular complexity index is 498. The van der Waals surface area contributed by atoms with Crippen molar-refractivity contribution in [3.63, 3.8) is 0 Å². The molecule has 0 amide bonds. The van der Waals surface area contributed by atoms with Crippen LogP contribution in [0.3, 0.4) is 0 Å². The first-order valence-electron chi connectivity index (χ1n) is 7.50. The minimum absolute atomic E-state index is 0.142. The predicted molar refractivity (Wildman–Crippen MR) is 76.4 cm³/mol. The van der Waals surface area contributed by atoms with Crippen molar-refractivity contribution in [3.05, 3.63) is 16.3 Å². The van der Waals surface area contributed by atoms with E-state index in [9.17, 15) is 10.1 Å². The quantitative estimate of drug-likeness (QED) is 0.645. The van der Waals surface area contributed by atoms with E-state index < -0.39 is 4.92 Å². The molecular formula is C13H21N5O3. The SMILES string of the molecule is O=[N+]([O-])c1cn2c(n1)OCCN(CC1CCNCC1)CC2. The molecule has 0 aromatic carbocycles. The highest BCUT2D eigenvalue weighted by atomic mass is 16.6. The van der Waals surface area contributed by atoms with Crippen molar-refractivity contribution >= 4 is 5.82 Å². The molecule has 1 aromatic heterocycles. The molecule has 3 rings (SSSR count). The molecule has 3 heterocycles. The van der Waals surface area contributed by atoms with Crippen LogP contribution < -0.4 is 10.1 Å². The van der Waals surface area contributed by atoms with Crippen molar-refractivity contribution in [1.82, 2.24) is 19.8 Å². The van der Waals surface area contributed by atoms with Crippen LogP contribution in [0.15, 0.2) is 6.20 Å². The molecule has 1 fully saturated rings. The molecule has 8 nitrogen and oxygen atoms in total. The first-order chi connectivity index (χ1) is 10.2. The number of ether oxygens (including phenoxy) is 1. The lowest BCUT2D eigenvalue weighted by molar-refractivity contribution is -0.389. The Morgan fingerprint density at radius 2 is 2.19 bits per heavy atom. The van der Waals surface area contributed by atoms with Crippen LogP contribution in [0.5, 0.6) is 6.01 Å². The van der Waals surface area contributed by atoms with E-state index in [-0.39, 0.29) is 5.82 Å². The molecule has 0 unspecified atom stereocenters. The highest BCUT2D eigenvalue weighted by Gasteiger charge is 2.24. The molecule has 1 aromatic rings. The summed E-state index contributed by atoms with van der Waals surface area (Å²) < 4.78 is 7.31. The topological polar surface area (TPSA) is 85.5 Å². The van der Waals surface area contributed by atoms with Gasteiger partial charge < -0.3 is 20.2 Å². The third kappa shape index (κ3) is 3.51. The van der Waals surface area contributed by atoms with Crippen molar-refractivity contribution in [2.45, 2.75) is 19.4 Å². The van der Waals surface area contributed by atoms with Crippen LogP contribution >= 0.6 is 0 Å². The molecule has 0 saturated carbocycles. The van der Waals surface area contributed by atoms with Crippen molar-refractivity contribution in [2.75, 3.05) is 39.3 Å². The number of nitrogens with zero attached hydrogens (tertiary/aromatic N) is 4. The van der Waals surface area contributed by atoms with Gasteiger partial charge in [0, 0.05) is 31.2 Å². The number of hydrogen-bond acceptors (Lipinski definition) is 6. The van der Waals surface area contributed by atoms with Gasteiger partial charge in [0.15, 0.2) is 0 Å². The van der Waals surface area contributed by atoms with Gasteiger partial charge in [-0.2, -0.15) is 0 Å². The monoisotopic (exact) mass is 295 g/mol. The third-order valence-corrected chi connectivity index (χ3v) is 4.19. The molecule has 8 heteroatoms. The zero-order valence-electron chi connectivity index (χ0n) is 12.0. The zero-order valence-corrected chi connectivity index (χ0v) is 12.0. The van der Waals surface area contributed by atoms with Crippen molar-refractivity contribution in [2.24, 2.45) is 5.92 Å². The Morgan fingerprint density at radius 1 is 1.38 bits per heavy atom. The number of nitrogens with one attached hydrogen (secondary N) is 1. The molecule has 0 atom stereocenters. The predicted octanol–water partition coefficient (Wildman–Crippen LogP) is 0.485. The van der Waals surface area contributed by atoms with Gasteiger partial charge in [-0.05, 0) is 36.8 Å². The minimum Gasteiger partial charge on any atom is -0.444 e. The van der Waals surface area contributed by atoms with E-state index in [4.69, 9.17) is 4.74 Å². The number of hydrogen-bond donors (Lipinski definition) is 1. The summed E-state index contributed by atoms with van der Waals surface area (Å²) in [6.07, 6.45) is 3.90. The molecule has 0 radical (unpaired) electrons. The Balaban J connectivity index is 1.60. The van der Waals surface area contributed by atoms with Crippen LogP contribution in [0.1, 0.15) is 12.8 Å². The van der Waals surface area contributed by atoms with Crippen LogP contribution in [-0.2, 0) is 6.54 Å². The molecule has 116 valence electrons. The molecule has 21 heavy (non-hydrogen) atoms. The van der Waals surface area contributed by atoms with Crippen LogP contribution in [-0.4, -0.2) is 58.7 Å². The van der Waals surface area contributed by atoms with E-state index in [1.165, 1.54) is 19.0 Å². The van der Waals surface area contributed by atoms with E-state index in [1.54, 1.807) is 4.57 Å². The van der Waals surface area contributed by atoms with Gasteiger partial charge in [0.25, 0.3) is 0 Å². The molecule has 2 aliphatic heterocycles. The Labute approximate surface area is 123 Å². The average Bonchev–Trinajstić information content (AvgIpc) is 2.86. The normalized spacial score (nSPS) is 21.1. The highest BCUT2D eigenvalue weighted by molar-refractivity contribution is 5.20. The summed E-state index contributed by atoms with van der Waals surface area (Å²) in [5, 5.41) is 14.2. The van der Waals surface area contributed by atoms with E-state index in [0.717, 1.165) is 38.6 Å². The molecule has 1 N–H and O–H groups in total. The maximum Gasteiger partial charge on any atom is 0.414 e. The van der Waals surface area contributed by atoms with E-state index >= 15 is 0 Å². The summed E-state index contributed by atoms with van der Waals surface area (Å²) in [7, 11) is 0. The summed E-state index contributed by atoms with van der Waals surface area (Å²) in [5.41, 5.74) is 0. The lowest BCUT2D eigenvalue weighted by Crippen LogP contribution is -2.40. The molecule has 0 bridgehead atoms. The van der Waals surface area contributed by atoms with Gasteiger partial charge in [-0.25, -0.2) is 0 Å². The van der Waals surface area contributed by atoms with Gasteiger partial charge in [0.1, 0.15) is 12.8 Å². The maximum absolute atomic E-state index is 10.8. The number of aromatic nitrogens is 2.